The zero-order valence-electron chi connectivity index (χ0n) is 12.0. The van der Waals surface area contributed by atoms with E-state index in [2.05, 4.69) is 10.3 Å². The highest BCUT2D eigenvalue weighted by molar-refractivity contribution is 7.91. The first-order valence-corrected chi connectivity index (χ1v) is 9.02. The Hall–Kier alpha value is -1.22. The summed E-state index contributed by atoms with van der Waals surface area (Å²) in [5.41, 5.74) is 1.02. The van der Waals surface area contributed by atoms with Crippen LogP contribution in [-0.2, 0) is 29.7 Å². The summed E-state index contributed by atoms with van der Waals surface area (Å²) in [5, 5.41) is 3.07. The van der Waals surface area contributed by atoms with Crippen molar-refractivity contribution < 1.29 is 8.42 Å². The largest absolute Gasteiger partial charge is 0.333 e. The maximum atomic E-state index is 12.8. The van der Waals surface area contributed by atoms with E-state index in [-0.39, 0.29) is 0 Å². The second-order valence-corrected chi connectivity index (χ2v) is 8.38. The number of aromatic nitrogens is 2. The van der Waals surface area contributed by atoms with E-state index < -0.39 is 10.0 Å². The normalized spacial score (nSPS) is 16.1. The summed E-state index contributed by atoms with van der Waals surface area (Å²) in [6.07, 6.45) is 3.60. The maximum Gasteiger partial charge on any atom is 0.253 e. The van der Waals surface area contributed by atoms with Gasteiger partial charge in [0.2, 0.25) is 0 Å². The Morgan fingerprint density at radius 2 is 2.24 bits per heavy atom. The van der Waals surface area contributed by atoms with Crippen molar-refractivity contribution in [2.24, 2.45) is 0 Å². The minimum absolute atomic E-state index is 0.341. The van der Waals surface area contributed by atoms with Gasteiger partial charge in [0.25, 0.3) is 10.0 Å². The van der Waals surface area contributed by atoms with Gasteiger partial charge in [0.1, 0.15) is 10.0 Å². The van der Waals surface area contributed by atoms with E-state index in [4.69, 9.17) is 0 Å². The molecule has 3 rings (SSSR count). The number of hydrogen-bond acceptors (Lipinski definition) is 5. The fourth-order valence-corrected chi connectivity index (χ4v) is 5.58. The van der Waals surface area contributed by atoms with Crippen LogP contribution >= 0.6 is 11.3 Å². The highest BCUT2D eigenvalue weighted by atomic mass is 32.2. The van der Waals surface area contributed by atoms with Gasteiger partial charge in [0.15, 0.2) is 0 Å². The Labute approximate surface area is 128 Å². The molecule has 0 bridgehead atoms. The summed E-state index contributed by atoms with van der Waals surface area (Å²) in [4.78, 5) is 5.28. The Morgan fingerprint density at radius 1 is 1.43 bits per heavy atom. The highest BCUT2D eigenvalue weighted by Crippen LogP contribution is 2.30. The molecule has 1 N–H and O–H groups in total. The lowest BCUT2D eigenvalue weighted by Crippen LogP contribution is -2.37. The maximum absolute atomic E-state index is 12.8. The molecule has 2 aromatic rings. The topological polar surface area (TPSA) is 67.2 Å². The molecule has 0 saturated heterocycles. The molecule has 114 valence electrons. The number of fused-ring (bicyclic) bond motifs is 1. The van der Waals surface area contributed by atoms with Gasteiger partial charge in [-0.05, 0) is 25.6 Å². The van der Waals surface area contributed by atoms with E-state index in [9.17, 15) is 8.42 Å². The minimum atomic E-state index is -3.43. The summed E-state index contributed by atoms with van der Waals surface area (Å²) < 4.78 is 29.5. The Kier molecular flexibility index (Phi) is 3.87. The molecule has 1 aliphatic rings. The number of thiophene rings is 1. The van der Waals surface area contributed by atoms with E-state index in [0.717, 1.165) is 16.3 Å². The smallest absolute Gasteiger partial charge is 0.253 e. The van der Waals surface area contributed by atoms with Gasteiger partial charge in [-0.3, -0.25) is 0 Å². The lowest BCUT2D eigenvalue weighted by Gasteiger charge is -2.26. The second-order valence-electron chi connectivity index (χ2n) is 5.08. The Balaban J connectivity index is 1.89. The molecule has 0 spiro atoms. The predicted molar refractivity (Wildman–Crippen MR) is 81.6 cm³/mol. The quantitative estimate of drug-likeness (QED) is 0.916. The molecule has 0 amide bonds. The minimum Gasteiger partial charge on any atom is -0.333 e. The van der Waals surface area contributed by atoms with Gasteiger partial charge in [-0.25, -0.2) is 13.4 Å². The molecule has 0 unspecified atom stereocenters. The van der Waals surface area contributed by atoms with E-state index in [1.54, 1.807) is 12.3 Å². The van der Waals surface area contributed by atoms with Crippen molar-refractivity contribution in [3.05, 3.63) is 34.7 Å². The summed E-state index contributed by atoms with van der Waals surface area (Å²) in [6.45, 7) is 4.13. The van der Waals surface area contributed by atoms with Crippen molar-refractivity contribution >= 4 is 21.4 Å². The lowest BCUT2D eigenvalue weighted by atomic mass is 10.3. The van der Waals surface area contributed by atoms with Crippen molar-refractivity contribution in [3.63, 3.8) is 0 Å². The summed E-state index contributed by atoms with van der Waals surface area (Å²) >= 11 is 1.35. The van der Waals surface area contributed by atoms with Crippen LogP contribution in [0.25, 0.3) is 0 Å². The van der Waals surface area contributed by atoms with Gasteiger partial charge in [-0.2, -0.15) is 4.31 Å². The number of sulfonamides is 1. The Bertz CT molecular complexity index is 748. The van der Waals surface area contributed by atoms with Gasteiger partial charge in [0.05, 0.1) is 6.54 Å². The van der Waals surface area contributed by atoms with E-state index in [1.807, 2.05) is 24.7 Å². The van der Waals surface area contributed by atoms with Crippen molar-refractivity contribution in [1.82, 2.24) is 19.2 Å². The number of nitrogens with zero attached hydrogens (tertiary/aromatic N) is 3. The third kappa shape index (κ3) is 2.64. The standard InChI is InChI=1S/C13H18N4O2S2/c1-10-7-13(20-11(10)8-14-2)21(18,19)17-6-5-16-4-3-15-12(16)9-17/h3-4,7,14H,5-6,8-9H2,1-2H3. The summed E-state index contributed by atoms with van der Waals surface area (Å²) in [6, 6.07) is 1.77. The van der Waals surface area contributed by atoms with Crippen LogP contribution in [-0.4, -0.2) is 35.9 Å². The molecular weight excluding hydrogens is 308 g/mol. The third-order valence-electron chi connectivity index (χ3n) is 3.64. The number of rotatable bonds is 4. The number of hydrogen-bond donors (Lipinski definition) is 1. The highest BCUT2D eigenvalue weighted by Gasteiger charge is 2.30. The van der Waals surface area contributed by atoms with E-state index in [0.29, 0.717) is 30.4 Å². The van der Waals surface area contributed by atoms with Crippen LogP contribution in [0.4, 0.5) is 0 Å². The number of aryl methyl sites for hydroxylation is 1. The van der Waals surface area contributed by atoms with Crippen LogP contribution in [0, 0.1) is 6.92 Å². The van der Waals surface area contributed by atoms with Crippen molar-refractivity contribution in [2.75, 3.05) is 13.6 Å². The second kappa shape index (κ2) is 5.53. The predicted octanol–water partition coefficient (Wildman–Crippen LogP) is 1.18. The number of nitrogens with one attached hydrogen (secondary N) is 1. The Morgan fingerprint density at radius 3 is 3.00 bits per heavy atom. The summed E-state index contributed by atoms with van der Waals surface area (Å²) in [7, 11) is -1.57. The van der Waals surface area contributed by atoms with Gasteiger partial charge >= 0.3 is 0 Å². The molecule has 0 aliphatic carbocycles. The molecule has 6 nitrogen and oxygen atoms in total. The van der Waals surface area contributed by atoms with Crippen molar-refractivity contribution in [2.45, 2.75) is 30.8 Å². The molecule has 2 aromatic heterocycles. The zero-order valence-corrected chi connectivity index (χ0v) is 13.7. The molecule has 21 heavy (non-hydrogen) atoms. The first-order valence-electron chi connectivity index (χ1n) is 6.76. The molecule has 3 heterocycles. The number of imidazole rings is 1. The van der Waals surface area contributed by atoms with Crippen LogP contribution in [0.3, 0.4) is 0 Å². The molecule has 0 atom stereocenters. The average molecular weight is 326 g/mol. The van der Waals surface area contributed by atoms with Crippen molar-refractivity contribution in [1.29, 1.82) is 0 Å². The van der Waals surface area contributed by atoms with Crippen LogP contribution in [0.5, 0.6) is 0 Å². The van der Waals surface area contributed by atoms with E-state index >= 15 is 0 Å². The first kappa shape index (κ1) is 14.7. The summed E-state index contributed by atoms with van der Waals surface area (Å²) in [5.74, 6) is 0.800. The van der Waals surface area contributed by atoms with Crippen molar-refractivity contribution in [3.8, 4) is 0 Å². The fraction of sp³-hybridized carbons (Fsp3) is 0.462. The molecule has 0 radical (unpaired) electrons. The zero-order chi connectivity index (χ0) is 15.0. The fourth-order valence-electron chi connectivity index (χ4n) is 2.44. The van der Waals surface area contributed by atoms with Gasteiger partial charge in [-0.15, -0.1) is 11.3 Å². The van der Waals surface area contributed by atoms with Crippen LogP contribution in [0.2, 0.25) is 0 Å². The lowest BCUT2D eigenvalue weighted by molar-refractivity contribution is 0.336. The van der Waals surface area contributed by atoms with Crippen LogP contribution < -0.4 is 5.32 Å². The molecule has 1 aliphatic heterocycles. The molecule has 0 aromatic carbocycles. The average Bonchev–Trinajstić information content (AvgIpc) is 3.06. The molecular formula is C13H18N4O2S2. The van der Waals surface area contributed by atoms with Gasteiger partial charge < -0.3 is 9.88 Å². The molecule has 0 saturated carbocycles. The van der Waals surface area contributed by atoms with Gasteiger partial charge in [0, 0.05) is 36.9 Å². The molecule has 8 heteroatoms. The van der Waals surface area contributed by atoms with E-state index in [1.165, 1.54) is 15.6 Å². The monoisotopic (exact) mass is 326 g/mol. The third-order valence-corrected chi connectivity index (χ3v) is 7.17. The van der Waals surface area contributed by atoms with Crippen LogP contribution in [0.1, 0.15) is 16.3 Å². The van der Waals surface area contributed by atoms with Crippen LogP contribution in [0.15, 0.2) is 22.7 Å². The first-order chi connectivity index (χ1) is 10.0. The SMILES string of the molecule is CNCc1sc(S(=O)(=O)N2CCn3ccnc3C2)cc1C. The van der Waals surface area contributed by atoms with Gasteiger partial charge in [-0.1, -0.05) is 0 Å². The molecule has 0 fully saturated rings.